The van der Waals surface area contributed by atoms with Gasteiger partial charge in [-0.05, 0) is 36.8 Å². The fourth-order valence-corrected chi connectivity index (χ4v) is 3.28. The lowest BCUT2D eigenvalue weighted by Crippen LogP contribution is -2.27. The number of carboxylic acid groups (broad SMARTS) is 1. The van der Waals surface area contributed by atoms with Crippen molar-refractivity contribution in [1.29, 1.82) is 0 Å². The molecule has 0 atom stereocenters. The van der Waals surface area contributed by atoms with E-state index in [1.54, 1.807) is 12.1 Å². The van der Waals surface area contributed by atoms with E-state index in [1.807, 2.05) is 0 Å². The highest BCUT2D eigenvalue weighted by Gasteiger charge is 2.20. The molecule has 0 unspecified atom stereocenters. The van der Waals surface area contributed by atoms with Crippen molar-refractivity contribution >= 4 is 16.0 Å². The maximum atomic E-state index is 12.2. The van der Waals surface area contributed by atoms with Gasteiger partial charge in [-0.25, -0.2) is 17.9 Å². The Morgan fingerprint density at radius 2 is 2.05 bits per heavy atom. The summed E-state index contributed by atoms with van der Waals surface area (Å²) in [6, 6.07) is 7.66. The van der Waals surface area contributed by atoms with Crippen LogP contribution in [0.5, 0.6) is 0 Å². The van der Waals surface area contributed by atoms with E-state index >= 15 is 0 Å². The molecule has 0 saturated carbocycles. The molecule has 1 aromatic carbocycles. The van der Waals surface area contributed by atoms with Gasteiger partial charge >= 0.3 is 5.97 Å². The summed E-state index contributed by atoms with van der Waals surface area (Å²) >= 11 is 0. The van der Waals surface area contributed by atoms with Gasteiger partial charge in [0.25, 0.3) is 0 Å². The Morgan fingerprint density at radius 3 is 2.67 bits per heavy atom. The minimum Gasteiger partial charge on any atom is -0.478 e. The SMILES string of the molecule is Cc1c(C(=O)O)cccc1S(=O)(=O)NCCc1ccco1. The third-order valence-corrected chi connectivity index (χ3v) is 4.65. The van der Waals surface area contributed by atoms with Crippen LogP contribution < -0.4 is 4.72 Å². The molecule has 21 heavy (non-hydrogen) atoms. The summed E-state index contributed by atoms with van der Waals surface area (Å²) in [6.07, 6.45) is 1.94. The van der Waals surface area contributed by atoms with E-state index in [9.17, 15) is 13.2 Å². The van der Waals surface area contributed by atoms with E-state index in [0.717, 1.165) is 0 Å². The first-order valence-electron chi connectivity index (χ1n) is 6.27. The number of nitrogens with one attached hydrogen (secondary N) is 1. The topological polar surface area (TPSA) is 96.6 Å². The molecule has 0 aliphatic rings. The predicted octanol–water partition coefficient (Wildman–Crippen LogP) is 1.81. The highest BCUT2D eigenvalue weighted by atomic mass is 32.2. The molecule has 0 aliphatic heterocycles. The monoisotopic (exact) mass is 309 g/mol. The Kier molecular flexibility index (Phi) is 4.44. The predicted molar refractivity (Wildman–Crippen MR) is 75.7 cm³/mol. The molecule has 0 fully saturated rings. The highest BCUT2D eigenvalue weighted by Crippen LogP contribution is 2.18. The number of hydrogen-bond acceptors (Lipinski definition) is 4. The van der Waals surface area contributed by atoms with Crippen molar-refractivity contribution in [3.8, 4) is 0 Å². The quantitative estimate of drug-likeness (QED) is 0.848. The third-order valence-electron chi connectivity index (χ3n) is 3.05. The number of sulfonamides is 1. The Balaban J connectivity index is 2.16. The first kappa shape index (κ1) is 15.3. The first-order chi connectivity index (χ1) is 9.92. The molecule has 7 heteroatoms. The Hall–Kier alpha value is -2.12. The molecule has 0 spiro atoms. The van der Waals surface area contributed by atoms with Crippen LogP contribution in [-0.4, -0.2) is 26.0 Å². The molecule has 0 amide bonds. The Labute approximate surface area is 122 Å². The molecule has 2 aromatic rings. The largest absolute Gasteiger partial charge is 0.478 e. The van der Waals surface area contributed by atoms with Crippen LogP contribution in [0.2, 0.25) is 0 Å². The smallest absolute Gasteiger partial charge is 0.335 e. The molecular weight excluding hydrogens is 294 g/mol. The van der Waals surface area contributed by atoms with E-state index in [-0.39, 0.29) is 22.6 Å². The van der Waals surface area contributed by atoms with Crippen LogP contribution in [0.25, 0.3) is 0 Å². The molecule has 1 aromatic heterocycles. The summed E-state index contributed by atoms with van der Waals surface area (Å²) in [5, 5.41) is 9.03. The number of furan rings is 1. The molecule has 2 rings (SSSR count). The fourth-order valence-electron chi connectivity index (χ4n) is 1.98. The van der Waals surface area contributed by atoms with Crippen molar-refractivity contribution in [2.24, 2.45) is 0 Å². The normalized spacial score (nSPS) is 11.5. The number of aromatic carboxylic acids is 1. The van der Waals surface area contributed by atoms with E-state index in [4.69, 9.17) is 9.52 Å². The molecule has 1 heterocycles. The van der Waals surface area contributed by atoms with E-state index in [0.29, 0.717) is 12.2 Å². The summed E-state index contributed by atoms with van der Waals surface area (Å²) in [5.41, 5.74) is 0.194. The maximum Gasteiger partial charge on any atom is 0.335 e. The average Bonchev–Trinajstić information content (AvgIpc) is 2.91. The molecule has 0 bridgehead atoms. The maximum absolute atomic E-state index is 12.2. The van der Waals surface area contributed by atoms with Gasteiger partial charge in [0.15, 0.2) is 0 Å². The minimum absolute atomic E-state index is 0.0242. The van der Waals surface area contributed by atoms with Crippen LogP contribution in [0.3, 0.4) is 0 Å². The third kappa shape index (κ3) is 3.50. The minimum atomic E-state index is -3.76. The molecule has 2 N–H and O–H groups in total. The lowest BCUT2D eigenvalue weighted by molar-refractivity contribution is 0.0696. The van der Waals surface area contributed by atoms with Crippen molar-refractivity contribution in [2.75, 3.05) is 6.54 Å². The fraction of sp³-hybridized carbons (Fsp3) is 0.214. The second-order valence-electron chi connectivity index (χ2n) is 4.46. The van der Waals surface area contributed by atoms with Gasteiger partial charge in [-0.2, -0.15) is 0 Å². The van der Waals surface area contributed by atoms with Gasteiger partial charge in [-0.15, -0.1) is 0 Å². The average molecular weight is 309 g/mol. The highest BCUT2D eigenvalue weighted by molar-refractivity contribution is 7.89. The van der Waals surface area contributed by atoms with Crippen LogP contribution in [0, 0.1) is 6.92 Å². The zero-order valence-electron chi connectivity index (χ0n) is 11.4. The van der Waals surface area contributed by atoms with Crippen molar-refractivity contribution in [3.05, 3.63) is 53.5 Å². The van der Waals surface area contributed by atoms with E-state index < -0.39 is 16.0 Å². The molecule has 0 aliphatic carbocycles. The molecule has 6 nitrogen and oxygen atoms in total. The van der Waals surface area contributed by atoms with Gasteiger partial charge in [-0.1, -0.05) is 6.07 Å². The van der Waals surface area contributed by atoms with Gasteiger partial charge in [0.05, 0.1) is 16.7 Å². The van der Waals surface area contributed by atoms with Crippen LogP contribution >= 0.6 is 0 Å². The van der Waals surface area contributed by atoms with Crippen LogP contribution in [0.15, 0.2) is 45.9 Å². The van der Waals surface area contributed by atoms with Crippen LogP contribution in [0.1, 0.15) is 21.7 Å². The summed E-state index contributed by atoms with van der Waals surface area (Å²) in [7, 11) is -3.76. The van der Waals surface area contributed by atoms with Crippen LogP contribution in [0.4, 0.5) is 0 Å². The van der Waals surface area contributed by atoms with Gasteiger partial charge in [0.1, 0.15) is 5.76 Å². The summed E-state index contributed by atoms with van der Waals surface area (Å²) in [4.78, 5) is 11.0. The molecule has 0 radical (unpaired) electrons. The Bertz CT molecular complexity index is 735. The van der Waals surface area contributed by atoms with Crippen molar-refractivity contribution in [3.63, 3.8) is 0 Å². The lowest BCUT2D eigenvalue weighted by atomic mass is 10.1. The van der Waals surface area contributed by atoms with Gasteiger partial charge < -0.3 is 9.52 Å². The van der Waals surface area contributed by atoms with Crippen LogP contribution in [-0.2, 0) is 16.4 Å². The molecular formula is C14H15NO5S. The number of hydrogen-bond donors (Lipinski definition) is 2. The number of carboxylic acids is 1. The van der Waals surface area contributed by atoms with E-state index in [2.05, 4.69) is 4.72 Å². The van der Waals surface area contributed by atoms with Gasteiger partial charge in [0.2, 0.25) is 10.0 Å². The molecule has 0 saturated heterocycles. The summed E-state index contributed by atoms with van der Waals surface area (Å²) in [5.74, 6) is -0.478. The van der Waals surface area contributed by atoms with E-state index in [1.165, 1.54) is 31.4 Å². The summed E-state index contributed by atoms with van der Waals surface area (Å²) < 4.78 is 32.0. The van der Waals surface area contributed by atoms with Crippen molar-refractivity contribution in [2.45, 2.75) is 18.2 Å². The molecule has 112 valence electrons. The lowest BCUT2D eigenvalue weighted by Gasteiger charge is -2.10. The standard InChI is InChI=1S/C14H15NO5S/c1-10-12(14(16)17)5-2-6-13(10)21(18,19)15-8-7-11-4-3-9-20-11/h2-6,9,15H,7-8H2,1H3,(H,16,17). The number of rotatable bonds is 6. The van der Waals surface area contributed by atoms with Crippen molar-refractivity contribution in [1.82, 2.24) is 4.72 Å². The number of benzene rings is 1. The van der Waals surface area contributed by atoms with Gasteiger partial charge in [0, 0.05) is 13.0 Å². The zero-order chi connectivity index (χ0) is 15.5. The second-order valence-corrected chi connectivity index (χ2v) is 6.20. The summed E-state index contributed by atoms with van der Waals surface area (Å²) in [6.45, 7) is 1.65. The Morgan fingerprint density at radius 1 is 1.29 bits per heavy atom. The zero-order valence-corrected chi connectivity index (χ0v) is 12.2. The van der Waals surface area contributed by atoms with Gasteiger partial charge in [-0.3, -0.25) is 0 Å². The first-order valence-corrected chi connectivity index (χ1v) is 7.75. The number of carbonyl (C=O) groups is 1. The van der Waals surface area contributed by atoms with Crippen molar-refractivity contribution < 1.29 is 22.7 Å². The second kappa shape index (κ2) is 6.11.